The van der Waals surface area contributed by atoms with Crippen LogP contribution in [0, 0.1) is 6.92 Å². The molecule has 0 saturated heterocycles. The Kier molecular flexibility index (Phi) is 4.19. The molecule has 2 aromatic rings. The minimum atomic E-state index is 0.762. The molecular weight excluding hydrogens is 194 g/mol. The van der Waals surface area contributed by atoms with E-state index in [0.717, 1.165) is 16.4 Å². The van der Waals surface area contributed by atoms with Crippen LogP contribution in [0.5, 0.6) is 0 Å². The highest BCUT2D eigenvalue weighted by Gasteiger charge is 2.01. The summed E-state index contributed by atoms with van der Waals surface area (Å²) in [6.45, 7) is 5.95. The van der Waals surface area contributed by atoms with Crippen molar-refractivity contribution in [3.63, 3.8) is 0 Å². The van der Waals surface area contributed by atoms with E-state index in [1.54, 1.807) is 29.2 Å². The maximum Gasteiger partial charge on any atom is 0.171 e. The number of hydrogen-bond acceptors (Lipinski definition) is 4. The molecule has 2 rings (SSSR count). The molecule has 0 aliphatic carbocycles. The van der Waals surface area contributed by atoms with Gasteiger partial charge in [-0.2, -0.15) is 0 Å². The van der Waals surface area contributed by atoms with Crippen LogP contribution >= 0.6 is 11.3 Å². The summed E-state index contributed by atoms with van der Waals surface area (Å²) >= 11 is 1.55. The first-order chi connectivity index (χ1) is 6.86. The molecule has 0 unspecified atom stereocenters. The van der Waals surface area contributed by atoms with E-state index in [4.69, 9.17) is 0 Å². The fourth-order valence-electron chi connectivity index (χ4n) is 0.894. The highest BCUT2D eigenvalue weighted by Crippen LogP contribution is 2.18. The zero-order chi connectivity index (χ0) is 10.4. The van der Waals surface area contributed by atoms with Gasteiger partial charge in [0, 0.05) is 18.1 Å². The van der Waals surface area contributed by atoms with Crippen LogP contribution in [0.25, 0.3) is 10.7 Å². The predicted molar refractivity (Wildman–Crippen MR) is 59.2 cm³/mol. The Morgan fingerprint density at radius 2 is 2.07 bits per heavy atom. The average molecular weight is 207 g/mol. The van der Waals surface area contributed by atoms with E-state index < -0.39 is 0 Å². The molecule has 0 atom stereocenters. The Labute approximate surface area is 87.9 Å². The SMILES string of the molecule is CC.Cc1ccnc(-c2cncs2)n1. The third-order valence-corrected chi connectivity index (χ3v) is 2.22. The molecule has 0 amide bonds. The molecule has 0 fully saturated rings. The third-order valence-electron chi connectivity index (χ3n) is 1.45. The van der Waals surface area contributed by atoms with Crippen molar-refractivity contribution in [1.29, 1.82) is 0 Å². The van der Waals surface area contributed by atoms with Gasteiger partial charge in [-0.15, -0.1) is 11.3 Å². The van der Waals surface area contributed by atoms with Crippen molar-refractivity contribution in [1.82, 2.24) is 15.0 Å². The maximum atomic E-state index is 4.27. The van der Waals surface area contributed by atoms with Gasteiger partial charge in [0.1, 0.15) is 0 Å². The van der Waals surface area contributed by atoms with Gasteiger partial charge in [-0.25, -0.2) is 9.97 Å². The predicted octanol–water partition coefficient (Wildman–Crippen LogP) is 2.93. The van der Waals surface area contributed by atoms with Crippen LogP contribution in [-0.2, 0) is 0 Å². The van der Waals surface area contributed by atoms with Crippen molar-refractivity contribution >= 4 is 11.3 Å². The van der Waals surface area contributed by atoms with E-state index in [9.17, 15) is 0 Å². The second-order valence-corrected chi connectivity index (χ2v) is 3.27. The highest BCUT2D eigenvalue weighted by molar-refractivity contribution is 7.13. The van der Waals surface area contributed by atoms with Crippen LogP contribution in [0.3, 0.4) is 0 Å². The second kappa shape index (κ2) is 5.44. The Morgan fingerprint density at radius 3 is 2.64 bits per heavy atom. The topological polar surface area (TPSA) is 38.7 Å². The number of thiazole rings is 1. The summed E-state index contributed by atoms with van der Waals surface area (Å²) in [7, 11) is 0. The Morgan fingerprint density at radius 1 is 1.29 bits per heavy atom. The monoisotopic (exact) mass is 207 g/mol. The van der Waals surface area contributed by atoms with Gasteiger partial charge in [-0.1, -0.05) is 13.8 Å². The molecule has 2 aromatic heterocycles. The first-order valence-electron chi connectivity index (χ1n) is 4.55. The summed E-state index contributed by atoms with van der Waals surface area (Å²) in [5, 5.41) is 0. The number of nitrogens with zero attached hydrogens (tertiary/aromatic N) is 3. The van der Waals surface area contributed by atoms with Crippen LogP contribution in [0.2, 0.25) is 0 Å². The fraction of sp³-hybridized carbons (Fsp3) is 0.300. The molecule has 0 radical (unpaired) electrons. The van der Waals surface area contributed by atoms with Gasteiger partial charge in [0.05, 0.1) is 10.4 Å². The van der Waals surface area contributed by atoms with Gasteiger partial charge in [-0.05, 0) is 13.0 Å². The molecule has 3 nitrogen and oxygen atoms in total. The zero-order valence-corrected chi connectivity index (χ0v) is 9.38. The summed E-state index contributed by atoms with van der Waals surface area (Å²) in [5.41, 5.74) is 2.76. The van der Waals surface area contributed by atoms with E-state index >= 15 is 0 Å². The minimum absolute atomic E-state index is 0.762. The molecule has 4 heteroatoms. The number of aromatic nitrogens is 3. The second-order valence-electron chi connectivity index (χ2n) is 2.39. The van der Waals surface area contributed by atoms with Gasteiger partial charge >= 0.3 is 0 Å². The van der Waals surface area contributed by atoms with Crippen LogP contribution in [0.1, 0.15) is 19.5 Å². The van der Waals surface area contributed by atoms with E-state index in [1.807, 2.05) is 26.8 Å². The van der Waals surface area contributed by atoms with Crippen molar-refractivity contribution in [3.05, 3.63) is 29.7 Å². The summed E-state index contributed by atoms with van der Waals surface area (Å²) in [5.74, 6) is 0.762. The minimum Gasteiger partial charge on any atom is -0.252 e. The van der Waals surface area contributed by atoms with Crippen LogP contribution in [-0.4, -0.2) is 15.0 Å². The Hall–Kier alpha value is -1.29. The summed E-state index contributed by atoms with van der Waals surface area (Å²) in [6, 6.07) is 1.88. The van der Waals surface area contributed by atoms with Crippen molar-refractivity contribution < 1.29 is 0 Å². The number of aryl methyl sites for hydroxylation is 1. The first-order valence-corrected chi connectivity index (χ1v) is 5.43. The molecule has 2 heterocycles. The van der Waals surface area contributed by atoms with Crippen LogP contribution in [0.4, 0.5) is 0 Å². The highest BCUT2D eigenvalue weighted by atomic mass is 32.1. The van der Waals surface area contributed by atoms with Gasteiger partial charge in [0.25, 0.3) is 0 Å². The van der Waals surface area contributed by atoms with E-state index in [-0.39, 0.29) is 0 Å². The van der Waals surface area contributed by atoms with E-state index in [2.05, 4.69) is 15.0 Å². The molecule has 0 aromatic carbocycles. The Bertz CT molecular complexity index is 371. The summed E-state index contributed by atoms with van der Waals surface area (Å²) in [4.78, 5) is 13.4. The lowest BCUT2D eigenvalue weighted by Crippen LogP contribution is -1.87. The molecule has 14 heavy (non-hydrogen) atoms. The van der Waals surface area contributed by atoms with Gasteiger partial charge < -0.3 is 0 Å². The van der Waals surface area contributed by atoms with Gasteiger partial charge in [0.15, 0.2) is 5.82 Å². The maximum absolute atomic E-state index is 4.27. The standard InChI is InChI=1S/C8H7N3S.C2H6/c1-6-2-3-10-8(11-6)7-4-9-5-12-7;1-2/h2-5H,1H3;1-2H3. The molecule has 0 N–H and O–H groups in total. The number of hydrogen-bond donors (Lipinski definition) is 0. The molecular formula is C10H13N3S. The van der Waals surface area contributed by atoms with Gasteiger partial charge in [0.2, 0.25) is 0 Å². The molecule has 0 saturated carbocycles. The largest absolute Gasteiger partial charge is 0.252 e. The fourth-order valence-corrected chi connectivity index (χ4v) is 1.45. The van der Waals surface area contributed by atoms with Crippen molar-refractivity contribution in [3.8, 4) is 10.7 Å². The lowest BCUT2D eigenvalue weighted by atomic mass is 10.4. The van der Waals surface area contributed by atoms with Crippen LogP contribution < -0.4 is 0 Å². The number of rotatable bonds is 1. The zero-order valence-electron chi connectivity index (χ0n) is 8.56. The van der Waals surface area contributed by atoms with Gasteiger partial charge in [-0.3, -0.25) is 4.98 Å². The van der Waals surface area contributed by atoms with Crippen LogP contribution in [0.15, 0.2) is 24.0 Å². The molecule has 0 bridgehead atoms. The smallest absolute Gasteiger partial charge is 0.171 e. The molecule has 0 aliphatic heterocycles. The Balaban J connectivity index is 0.000000461. The summed E-state index contributed by atoms with van der Waals surface area (Å²) in [6.07, 6.45) is 3.54. The van der Waals surface area contributed by atoms with Crippen molar-refractivity contribution in [2.24, 2.45) is 0 Å². The van der Waals surface area contributed by atoms with Crippen molar-refractivity contribution in [2.45, 2.75) is 20.8 Å². The molecule has 0 aliphatic rings. The third kappa shape index (κ3) is 2.60. The average Bonchev–Trinajstić information content (AvgIpc) is 2.74. The lowest BCUT2D eigenvalue weighted by molar-refractivity contribution is 1.12. The van der Waals surface area contributed by atoms with E-state index in [0.29, 0.717) is 0 Å². The molecule has 0 spiro atoms. The lowest BCUT2D eigenvalue weighted by Gasteiger charge is -1.94. The quantitative estimate of drug-likeness (QED) is 0.721. The molecule has 74 valence electrons. The normalized spacial score (nSPS) is 9.07. The van der Waals surface area contributed by atoms with E-state index in [1.165, 1.54) is 0 Å². The van der Waals surface area contributed by atoms with Crippen molar-refractivity contribution in [2.75, 3.05) is 0 Å². The summed E-state index contributed by atoms with van der Waals surface area (Å²) < 4.78 is 0. The first kappa shape index (κ1) is 10.8.